The van der Waals surface area contributed by atoms with Crippen LogP contribution >= 0.6 is 0 Å². The number of aromatic nitrogens is 1. The lowest BCUT2D eigenvalue weighted by Gasteiger charge is -2.19. The molecule has 2 rings (SSSR count). The van der Waals surface area contributed by atoms with Gasteiger partial charge >= 0.3 is 6.03 Å². The summed E-state index contributed by atoms with van der Waals surface area (Å²) < 4.78 is 1.63. The summed E-state index contributed by atoms with van der Waals surface area (Å²) in [5.74, 6) is 0. The number of carbonyl (C=O) groups excluding carboxylic acids is 1. The third-order valence-corrected chi connectivity index (χ3v) is 3.43. The van der Waals surface area contributed by atoms with Crippen molar-refractivity contribution in [1.82, 2.24) is 9.47 Å². The second-order valence-electron chi connectivity index (χ2n) is 4.60. The smallest absolute Gasteiger partial charge is 0.328 e. The number of aliphatic hydroxyl groups is 1. The molecule has 1 aromatic carbocycles. The summed E-state index contributed by atoms with van der Waals surface area (Å²) in [6.07, 6.45) is 1.16. The van der Waals surface area contributed by atoms with Crippen LogP contribution in [-0.4, -0.2) is 33.7 Å². The molecule has 1 amide bonds. The molecule has 1 N–H and O–H groups in total. The van der Waals surface area contributed by atoms with E-state index in [1.807, 2.05) is 38.1 Å². The molecule has 0 aliphatic rings. The molecule has 19 heavy (non-hydrogen) atoms. The van der Waals surface area contributed by atoms with Crippen molar-refractivity contribution in [3.63, 3.8) is 0 Å². The van der Waals surface area contributed by atoms with E-state index in [2.05, 4.69) is 0 Å². The van der Waals surface area contributed by atoms with Crippen LogP contribution in [0.15, 0.2) is 30.5 Å². The first-order valence-corrected chi connectivity index (χ1v) is 6.67. The number of rotatable bonds is 3. The van der Waals surface area contributed by atoms with Gasteiger partial charge in [0.2, 0.25) is 0 Å². The summed E-state index contributed by atoms with van der Waals surface area (Å²) in [4.78, 5) is 14.2. The van der Waals surface area contributed by atoms with Crippen molar-refractivity contribution in [2.45, 2.75) is 26.9 Å². The molecule has 102 valence electrons. The van der Waals surface area contributed by atoms with E-state index < -0.39 is 6.10 Å². The molecule has 0 aliphatic carbocycles. The Balaban J connectivity index is 2.58. The number of fused-ring (bicyclic) bond motifs is 1. The average molecular weight is 260 g/mol. The zero-order valence-electron chi connectivity index (χ0n) is 11.6. The molecule has 1 atom stereocenters. The summed E-state index contributed by atoms with van der Waals surface area (Å²) in [7, 11) is 0. The number of para-hydroxylation sites is 1. The molecule has 0 aliphatic heterocycles. The molecule has 0 radical (unpaired) electrons. The monoisotopic (exact) mass is 260 g/mol. The molecule has 0 saturated heterocycles. The Morgan fingerprint density at radius 3 is 2.53 bits per heavy atom. The van der Waals surface area contributed by atoms with E-state index in [1.54, 1.807) is 22.6 Å². The summed E-state index contributed by atoms with van der Waals surface area (Å²) in [6, 6.07) is 7.61. The van der Waals surface area contributed by atoms with E-state index in [0.717, 1.165) is 16.5 Å². The average Bonchev–Trinajstić information content (AvgIpc) is 2.79. The van der Waals surface area contributed by atoms with E-state index in [9.17, 15) is 9.90 Å². The van der Waals surface area contributed by atoms with Crippen LogP contribution in [0.2, 0.25) is 0 Å². The van der Waals surface area contributed by atoms with Crippen LogP contribution in [0.3, 0.4) is 0 Å². The van der Waals surface area contributed by atoms with Gasteiger partial charge in [0.05, 0.1) is 11.6 Å². The van der Waals surface area contributed by atoms with Crippen molar-refractivity contribution < 1.29 is 9.90 Å². The third kappa shape index (κ3) is 2.36. The van der Waals surface area contributed by atoms with E-state index in [4.69, 9.17) is 0 Å². The number of benzene rings is 1. The van der Waals surface area contributed by atoms with Crippen LogP contribution < -0.4 is 0 Å². The van der Waals surface area contributed by atoms with Gasteiger partial charge in [-0.25, -0.2) is 4.79 Å². The highest BCUT2D eigenvalue weighted by molar-refractivity contribution is 5.93. The minimum Gasteiger partial charge on any atom is -0.389 e. The van der Waals surface area contributed by atoms with Crippen molar-refractivity contribution in [1.29, 1.82) is 0 Å². The fourth-order valence-electron chi connectivity index (χ4n) is 2.34. The highest BCUT2D eigenvalue weighted by atomic mass is 16.3. The van der Waals surface area contributed by atoms with Crippen molar-refractivity contribution in [2.24, 2.45) is 0 Å². The lowest BCUT2D eigenvalue weighted by Crippen LogP contribution is -2.33. The zero-order chi connectivity index (χ0) is 14.0. The first-order chi connectivity index (χ1) is 9.10. The predicted octanol–water partition coefficient (Wildman–Crippen LogP) is 3.00. The lowest BCUT2D eigenvalue weighted by atomic mass is 10.1. The van der Waals surface area contributed by atoms with Gasteiger partial charge in [0.25, 0.3) is 0 Å². The van der Waals surface area contributed by atoms with Crippen molar-refractivity contribution in [3.05, 3.63) is 36.0 Å². The van der Waals surface area contributed by atoms with Gasteiger partial charge in [0.15, 0.2) is 0 Å². The second kappa shape index (κ2) is 5.45. The van der Waals surface area contributed by atoms with Gasteiger partial charge in [-0.2, -0.15) is 0 Å². The van der Waals surface area contributed by atoms with E-state index in [1.165, 1.54) is 0 Å². The molecule has 2 aromatic rings. The summed E-state index contributed by atoms with van der Waals surface area (Å²) >= 11 is 0. The van der Waals surface area contributed by atoms with Gasteiger partial charge in [0.1, 0.15) is 0 Å². The number of hydrogen-bond donors (Lipinski definition) is 1. The first kappa shape index (κ1) is 13.6. The Morgan fingerprint density at radius 1 is 1.32 bits per heavy atom. The fraction of sp³-hybridized carbons (Fsp3) is 0.400. The number of amides is 1. The zero-order valence-corrected chi connectivity index (χ0v) is 11.6. The third-order valence-electron chi connectivity index (χ3n) is 3.43. The molecule has 1 unspecified atom stereocenters. The molecule has 0 saturated carbocycles. The standard InChI is InChI=1S/C15H20N2O2/c1-4-16(5-2)15(19)17-10-13(11(3)18)12-8-6-7-9-14(12)17/h6-11,18H,4-5H2,1-3H3. The Hall–Kier alpha value is -1.81. The minimum absolute atomic E-state index is 0.0481. The van der Waals surface area contributed by atoms with E-state index in [0.29, 0.717) is 13.1 Å². The van der Waals surface area contributed by atoms with Crippen LogP contribution in [-0.2, 0) is 0 Å². The van der Waals surface area contributed by atoms with Gasteiger partial charge in [-0.3, -0.25) is 4.57 Å². The number of aliphatic hydroxyl groups excluding tert-OH is 1. The number of hydrogen-bond acceptors (Lipinski definition) is 2. The van der Waals surface area contributed by atoms with Crippen LogP contribution in [0, 0.1) is 0 Å². The molecular weight excluding hydrogens is 240 g/mol. The normalized spacial score (nSPS) is 12.6. The molecule has 0 bridgehead atoms. The summed E-state index contributed by atoms with van der Waals surface area (Å²) in [6.45, 7) is 6.98. The molecule has 1 heterocycles. The van der Waals surface area contributed by atoms with E-state index >= 15 is 0 Å². The maximum absolute atomic E-state index is 12.5. The Labute approximate surface area is 113 Å². The van der Waals surface area contributed by atoms with Crippen molar-refractivity contribution >= 4 is 16.9 Å². The molecular formula is C15H20N2O2. The van der Waals surface area contributed by atoms with Crippen LogP contribution in [0.5, 0.6) is 0 Å². The van der Waals surface area contributed by atoms with Gasteiger partial charge in [0, 0.05) is 30.2 Å². The molecule has 1 aromatic heterocycles. The van der Waals surface area contributed by atoms with Gasteiger partial charge < -0.3 is 10.0 Å². The lowest BCUT2D eigenvalue weighted by molar-refractivity contribution is 0.199. The highest BCUT2D eigenvalue weighted by Crippen LogP contribution is 2.26. The molecule has 0 fully saturated rings. The molecule has 4 heteroatoms. The van der Waals surface area contributed by atoms with Crippen LogP contribution in [0.1, 0.15) is 32.4 Å². The first-order valence-electron chi connectivity index (χ1n) is 6.67. The Morgan fingerprint density at radius 2 is 1.95 bits per heavy atom. The maximum atomic E-state index is 12.5. The molecule has 0 spiro atoms. The summed E-state index contributed by atoms with van der Waals surface area (Å²) in [5, 5.41) is 10.8. The Bertz CT molecular complexity index is 583. The highest BCUT2D eigenvalue weighted by Gasteiger charge is 2.18. The fourth-order valence-corrected chi connectivity index (χ4v) is 2.34. The van der Waals surface area contributed by atoms with Gasteiger partial charge in [-0.15, -0.1) is 0 Å². The van der Waals surface area contributed by atoms with E-state index in [-0.39, 0.29) is 6.03 Å². The number of carbonyl (C=O) groups is 1. The quantitative estimate of drug-likeness (QED) is 0.922. The SMILES string of the molecule is CCN(CC)C(=O)n1cc(C(C)O)c2ccccc21. The van der Waals surface area contributed by atoms with Crippen LogP contribution in [0.25, 0.3) is 10.9 Å². The summed E-state index contributed by atoms with van der Waals surface area (Å²) in [5.41, 5.74) is 1.63. The van der Waals surface area contributed by atoms with Crippen LogP contribution in [0.4, 0.5) is 4.79 Å². The topological polar surface area (TPSA) is 45.5 Å². The second-order valence-corrected chi connectivity index (χ2v) is 4.60. The van der Waals surface area contributed by atoms with Crippen molar-refractivity contribution in [3.8, 4) is 0 Å². The van der Waals surface area contributed by atoms with Gasteiger partial charge in [-0.05, 0) is 26.8 Å². The van der Waals surface area contributed by atoms with Gasteiger partial charge in [-0.1, -0.05) is 18.2 Å². The molecule has 4 nitrogen and oxygen atoms in total. The Kier molecular flexibility index (Phi) is 3.90. The number of nitrogens with zero attached hydrogens (tertiary/aromatic N) is 2. The largest absolute Gasteiger partial charge is 0.389 e. The maximum Gasteiger partial charge on any atom is 0.328 e. The predicted molar refractivity (Wildman–Crippen MR) is 76.3 cm³/mol. The van der Waals surface area contributed by atoms with Crippen molar-refractivity contribution in [2.75, 3.05) is 13.1 Å². The minimum atomic E-state index is -0.587.